The lowest BCUT2D eigenvalue weighted by atomic mass is 10.3. The van der Waals surface area contributed by atoms with Crippen LogP contribution in [-0.4, -0.2) is 22.6 Å². The lowest BCUT2D eigenvalue weighted by molar-refractivity contribution is 0.244. The molecular formula is C16H20N4O. The van der Waals surface area contributed by atoms with Gasteiger partial charge in [-0.2, -0.15) is 4.98 Å². The molecule has 5 nitrogen and oxygen atoms in total. The molecule has 0 spiro atoms. The quantitative estimate of drug-likeness (QED) is 0.761. The zero-order valence-corrected chi connectivity index (χ0v) is 12.3. The average Bonchev–Trinajstić information content (AvgIpc) is 2.47. The lowest BCUT2D eigenvalue weighted by Crippen LogP contribution is -2.08. The molecule has 21 heavy (non-hydrogen) atoms. The molecule has 0 radical (unpaired) electrons. The summed E-state index contributed by atoms with van der Waals surface area (Å²) in [5, 5.41) is 6.31. The first-order valence-electron chi connectivity index (χ1n) is 6.89. The normalized spacial score (nSPS) is 10.2. The summed E-state index contributed by atoms with van der Waals surface area (Å²) in [7, 11) is 0. The number of aromatic nitrogens is 2. The fourth-order valence-corrected chi connectivity index (χ4v) is 1.74. The van der Waals surface area contributed by atoms with E-state index in [0.717, 1.165) is 17.3 Å². The van der Waals surface area contributed by atoms with Gasteiger partial charge in [0.15, 0.2) is 0 Å². The molecule has 2 N–H and O–H groups in total. The molecule has 0 aliphatic heterocycles. The molecule has 0 unspecified atom stereocenters. The van der Waals surface area contributed by atoms with Crippen molar-refractivity contribution in [2.75, 3.05) is 17.2 Å². The van der Waals surface area contributed by atoms with Crippen LogP contribution in [0, 0.1) is 0 Å². The number of nitrogens with one attached hydrogen (secondary N) is 2. The van der Waals surface area contributed by atoms with Crippen LogP contribution in [0.4, 0.5) is 17.5 Å². The third kappa shape index (κ3) is 4.49. The van der Waals surface area contributed by atoms with Gasteiger partial charge in [-0.05, 0) is 32.0 Å². The third-order valence-electron chi connectivity index (χ3n) is 2.58. The van der Waals surface area contributed by atoms with Crippen molar-refractivity contribution in [1.82, 2.24) is 9.97 Å². The Kier molecular flexibility index (Phi) is 5.15. The Morgan fingerprint density at radius 3 is 2.86 bits per heavy atom. The first-order valence-corrected chi connectivity index (χ1v) is 6.89. The van der Waals surface area contributed by atoms with Crippen molar-refractivity contribution in [3.05, 3.63) is 49.2 Å². The minimum atomic E-state index is 0.106. The fourth-order valence-electron chi connectivity index (χ4n) is 1.74. The number of rotatable bonds is 7. The summed E-state index contributed by atoms with van der Waals surface area (Å²) >= 11 is 0. The van der Waals surface area contributed by atoms with Gasteiger partial charge in [-0.3, -0.25) is 0 Å². The SMILES string of the molecule is C=CCNc1ccnc(Nc2ccccc2OC(C)C)n1. The Hall–Kier alpha value is -2.56. The Labute approximate surface area is 125 Å². The van der Waals surface area contributed by atoms with Crippen molar-refractivity contribution >= 4 is 17.5 Å². The van der Waals surface area contributed by atoms with E-state index in [9.17, 15) is 0 Å². The highest BCUT2D eigenvalue weighted by Gasteiger charge is 2.07. The summed E-state index contributed by atoms with van der Waals surface area (Å²) < 4.78 is 5.77. The van der Waals surface area contributed by atoms with Crippen molar-refractivity contribution in [1.29, 1.82) is 0 Å². The van der Waals surface area contributed by atoms with Crippen molar-refractivity contribution in [2.24, 2.45) is 0 Å². The molecule has 1 aromatic heterocycles. The van der Waals surface area contributed by atoms with E-state index in [4.69, 9.17) is 4.74 Å². The lowest BCUT2D eigenvalue weighted by Gasteiger charge is -2.15. The number of para-hydroxylation sites is 2. The number of ether oxygens (including phenoxy) is 1. The smallest absolute Gasteiger partial charge is 0.229 e. The van der Waals surface area contributed by atoms with Crippen LogP contribution in [0.5, 0.6) is 5.75 Å². The van der Waals surface area contributed by atoms with Gasteiger partial charge >= 0.3 is 0 Å². The van der Waals surface area contributed by atoms with Gasteiger partial charge in [0, 0.05) is 12.7 Å². The van der Waals surface area contributed by atoms with Crippen molar-refractivity contribution < 1.29 is 4.74 Å². The molecule has 0 fully saturated rings. The summed E-state index contributed by atoms with van der Waals surface area (Å²) in [5.41, 5.74) is 0.840. The van der Waals surface area contributed by atoms with Gasteiger partial charge in [-0.1, -0.05) is 18.2 Å². The summed E-state index contributed by atoms with van der Waals surface area (Å²) in [6.45, 7) is 8.31. The maximum atomic E-state index is 5.77. The molecule has 0 atom stereocenters. The Morgan fingerprint density at radius 2 is 2.10 bits per heavy atom. The van der Waals surface area contributed by atoms with Gasteiger partial charge in [0.1, 0.15) is 11.6 Å². The van der Waals surface area contributed by atoms with Gasteiger partial charge in [-0.15, -0.1) is 6.58 Å². The molecule has 1 aromatic carbocycles. The Bertz CT molecular complexity index is 598. The zero-order valence-electron chi connectivity index (χ0n) is 12.3. The second-order valence-corrected chi connectivity index (χ2v) is 4.72. The number of benzene rings is 1. The van der Waals surface area contributed by atoms with Gasteiger partial charge < -0.3 is 15.4 Å². The number of hydrogen-bond acceptors (Lipinski definition) is 5. The minimum absolute atomic E-state index is 0.106. The number of hydrogen-bond donors (Lipinski definition) is 2. The molecule has 0 saturated carbocycles. The van der Waals surface area contributed by atoms with Crippen LogP contribution in [0.2, 0.25) is 0 Å². The highest BCUT2D eigenvalue weighted by molar-refractivity contribution is 5.63. The summed E-state index contributed by atoms with van der Waals surface area (Å²) in [6.07, 6.45) is 3.59. The Balaban J connectivity index is 2.16. The fraction of sp³-hybridized carbons (Fsp3) is 0.250. The van der Waals surface area contributed by atoms with E-state index >= 15 is 0 Å². The van der Waals surface area contributed by atoms with E-state index in [-0.39, 0.29) is 6.10 Å². The average molecular weight is 284 g/mol. The highest BCUT2D eigenvalue weighted by atomic mass is 16.5. The van der Waals surface area contributed by atoms with Gasteiger partial charge in [0.05, 0.1) is 11.8 Å². The molecule has 2 rings (SSSR count). The Morgan fingerprint density at radius 1 is 1.29 bits per heavy atom. The largest absolute Gasteiger partial charge is 0.489 e. The molecule has 0 aliphatic rings. The monoisotopic (exact) mass is 284 g/mol. The highest BCUT2D eigenvalue weighted by Crippen LogP contribution is 2.27. The molecule has 110 valence electrons. The standard InChI is InChI=1S/C16H20N4O/c1-4-10-17-15-9-11-18-16(20-15)19-13-7-5-6-8-14(13)21-12(2)3/h4-9,11-12H,1,10H2,2-3H3,(H2,17,18,19,20). The van der Waals surface area contributed by atoms with Crippen molar-refractivity contribution in [3.63, 3.8) is 0 Å². The topological polar surface area (TPSA) is 59.1 Å². The molecule has 1 heterocycles. The predicted molar refractivity (Wildman–Crippen MR) is 86.2 cm³/mol. The maximum absolute atomic E-state index is 5.77. The van der Waals surface area contributed by atoms with Gasteiger partial charge in [-0.25, -0.2) is 4.98 Å². The molecule has 0 bridgehead atoms. The third-order valence-corrected chi connectivity index (χ3v) is 2.58. The molecule has 2 aromatic rings. The first-order chi connectivity index (χ1) is 10.2. The molecule has 0 aliphatic carbocycles. The summed E-state index contributed by atoms with van der Waals surface area (Å²) in [6, 6.07) is 9.54. The number of anilines is 3. The molecule has 0 saturated heterocycles. The predicted octanol–water partition coefficient (Wildman–Crippen LogP) is 3.61. The van der Waals surface area contributed by atoms with E-state index in [2.05, 4.69) is 27.2 Å². The first kappa shape index (κ1) is 14.8. The maximum Gasteiger partial charge on any atom is 0.229 e. The van der Waals surface area contributed by atoms with Crippen LogP contribution in [0.25, 0.3) is 0 Å². The van der Waals surface area contributed by atoms with E-state index in [0.29, 0.717) is 12.5 Å². The van der Waals surface area contributed by atoms with E-state index in [1.807, 2.05) is 44.2 Å². The van der Waals surface area contributed by atoms with Gasteiger partial charge in [0.25, 0.3) is 0 Å². The van der Waals surface area contributed by atoms with Gasteiger partial charge in [0.2, 0.25) is 5.95 Å². The van der Waals surface area contributed by atoms with E-state index in [1.54, 1.807) is 12.3 Å². The second-order valence-electron chi connectivity index (χ2n) is 4.72. The van der Waals surface area contributed by atoms with E-state index < -0.39 is 0 Å². The second kappa shape index (κ2) is 7.28. The van der Waals surface area contributed by atoms with Crippen LogP contribution >= 0.6 is 0 Å². The molecule has 0 amide bonds. The summed E-state index contributed by atoms with van der Waals surface area (Å²) in [5.74, 6) is 2.04. The van der Waals surface area contributed by atoms with Crippen LogP contribution in [-0.2, 0) is 0 Å². The molecular weight excluding hydrogens is 264 g/mol. The minimum Gasteiger partial charge on any atom is -0.489 e. The summed E-state index contributed by atoms with van der Waals surface area (Å²) in [4.78, 5) is 8.61. The zero-order chi connectivity index (χ0) is 15.1. The van der Waals surface area contributed by atoms with E-state index in [1.165, 1.54) is 0 Å². The van der Waals surface area contributed by atoms with Crippen LogP contribution in [0.3, 0.4) is 0 Å². The van der Waals surface area contributed by atoms with Crippen LogP contribution in [0.1, 0.15) is 13.8 Å². The van der Waals surface area contributed by atoms with Crippen LogP contribution < -0.4 is 15.4 Å². The van der Waals surface area contributed by atoms with Crippen molar-refractivity contribution in [3.8, 4) is 5.75 Å². The number of nitrogens with zero attached hydrogens (tertiary/aromatic N) is 2. The molecule has 5 heteroatoms. The van der Waals surface area contributed by atoms with Crippen molar-refractivity contribution in [2.45, 2.75) is 20.0 Å². The van der Waals surface area contributed by atoms with Crippen LogP contribution in [0.15, 0.2) is 49.2 Å².